The largest absolute Gasteiger partial charge is 0.399 e. The van der Waals surface area contributed by atoms with Crippen molar-refractivity contribution in [2.24, 2.45) is 5.14 Å². The van der Waals surface area contributed by atoms with Crippen molar-refractivity contribution in [1.29, 1.82) is 5.26 Å². The Kier molecular flexibility index (Phi) is 7.30. The summed E-state index contributed by atoms with van der Waals surface area (Å²) in [5, 5.41) is 17.3. The Morgan fingerprint density at radius 2 is 1.73 bits per heavy atom. The van der Waals surface area contributed by atoms with E-state index in [1.807, 2.05) is 0 Å². The molecule has 0 unspecified atom stereocenters. The number of hydrogen-bond acceptors (Lipinski definition) is 7. The van der Waals surface area contributed by atoms with Gasteiger partial charge in [-0.3, -0.25) is 9.59 Å². The molecule has 0 atom stereocenters. The first-order chi connectivity index (χ1) is 14.1. The van der Waals surface area contributed by atoms with Crippen molar-refractivity contribution >= 4 is 33.2 Å². The van der Waals surface area contributed by atoms with E-state index in [1.165, 1.54) is 37.4 Å². The number of imide groups is 1. The van der Waals surface area contributed by atoms with Gasteiger partial charge in [0.05, 0.1) is 10.6 Å². The second-order valence-corrected chi connectivity index (χ2v) is 7.88. The van der Waals surface area contributed by atoms with Crippen molar-refractivity contribution in [3.63, 3.8) is 0 Å². The fraction of sp³-hybridized carbons (Fsp3) is 0.150. The quantitative estimate of drug-likeness (QED) is 0.257. The van der Waals surface area contributed by atoms with Gasteiger partial charge in [-0.15, -0.1) is 0 Å². The van der Waals surface area contributed by atoms with Crippen LogP contribution >= 0.6 is 0 Å². The van der Waals surface area contributed by atoms with Gasteiger partial charge in [-0.05, 0) is 48.4 Å². The topological polar surface area (TPSA) is 159 Å². The monoisotopic (exact) mass is 427 g/mol. The minimum atomic E-state index is -3.75. The van der Waals surface area contributed by atoms with E-state index in [4.69, 9.17) is 10.9 Å². The Morgan fingerprint density at radius 1 is 1.13 bits per heavy atom. The van der Waals surface area contributed by atoms with Crippen molar-refractivity contribution in [2.45, 2.75) is 18.2 Å². The molecule has 2 aromatic carbocycles. The Labute approximate surface area is 174 Å². The highest BCUT2D eigenvalue weighted by Crippen LogP contribution is 2.18. The molecule has 0 aromatic heterocycles. The van der Waals surface area contributed by atoms with Gasteiger partial charge in [-0.2, -0.15) is 5.26 Å². The predicted molar refractivity (Wildman–Crippen MR) is 112 cm³/mol. The van der Waals surface area contributed by atoms with Crippen LogP contribution in [0.25, 0.3) is 0 Å². The van der Waals surface area contributed by atoms with Crippen LogP contribution in [-0.4, -0.2) is 26.8 Å². The lowest BCUT2D eigenvalue weighted by molar-refractivity contribution is -0.123. The number of nitrogens with zero attached hydrogens (tertiary/aromatic N) is 2. The van der Waals surface area contributed by atoms with Crippen LogP contribution in [0.1, 0.15) is 12.5 Å². The van der Waals surface area contributed by atoms with Crippen molar-refractivity contribution < 1.29 is 18.0 Å². The number of carbonyl (C=O) groups excluding carboxylic acids is 2. The van der Waals surface area contributed by atoms with Crippen LogP contribution in [0.4, 0.5) is 11.4 Å². The zero-order chi connectivity index (χ0) is 22.3. The summed E-state index contributed by atoms with van der Waals surface area (Å²) in [5.74, 6) is -1.30. The number of nitrogen functional groups attached to an aromatic ring is 1. The molecule has 0 saturated heterocycles. The van der Waals surface area contributed by atoms with Crippen molar-refractivity contribution in [3.05, 3.63) is 65.9 Å². The summed E-state index contributed by atoms with van der Waals surface area (Å²) < 4.78 is 22.5. The highest BCUT2D eigenvalue weighted by molar-refractivity contribution is 7.89. The van der Waals surface area contributed by atoms with Gasteiger partial charge in [0.2, 0.25) is 15.9 Å². The standard InChI is InChI=1S/C20H21N5O4S/c1-14(26)25(18-6-4-17(22)5-7-18)20(27)16(12-21)13-24-11-10-15-2-8-19(9-3-15)30(23,28)29/h2-9,13,24H,10-11,22H2,1H3,(H2,23,28,29)/b16-13-. The average Bonchev–Trinajstić information content (AvgIpc) is 2.69. The molecule has 0 heterocycles. The number of sulfonamides is 1. The van der Waals surface area contributed by atoms with Crippen LogP contribution in [0.2, 0.25) is 0 Å². The Morgan fingerprint density at radius 3 is 2.23 bits per heavy atom. The Bertz CT molecular complexity index is 1100. The maximum atomic E-state index is 12.7. The summed E-state index contributed by atoms with van der Waals surface area (Å²) >= 11 is 0. The number of nitrogens with one attached hydrogen (secondary N) is 1. The maximum absolute atomic E-state index is 12.7. The predicted octanol–water partition coefficient (Wildman–Crippen LogP) is 1.04. The second kappa shape index (κ2) is 9.69. The first-order valence-electron chi connectivity index (χ1n) is 8.79. The molecule has 10 heteroatoms. The van der Waals surface area contributed by atoms with E-state index in [0.29, 0.717) is 24.3 Å². The molecule has 0 bridgehead atoms. The molecule has 0 aliphatic heterocycles. The third-order valence-electron chi connectivity index (χ3n) is 4.08. The van der Waals surface area contributed by atoms with Gasteiger partial charge in [-0.25, -0.2) is 18.5 Å². The molecule has 9 nitrogen and oxygen atoms in total. The van der Waals surface area contributed by atoms with E-state index in [2.05, 4.69) is 5.32 Å². The van der Waals surface area contributed by atoms with E-state index >= 15 is 0 Å². The molecule has 5 N–H and O–H groups in total. The first kappa shape index (κ1) is 22.6. The minimum absolute atomic E-state index is 0.0171. The first-order valence-corrected chi connectivity index (χ1v) is 10.3. The number of rotatable bonds is 7. The number of benzene rings is 2. The molecule has 0 spiro atoms. The SMILES string of the molecule is CC(=O)N(C(=O)/C(C#N)=C\NCCc1ccc(S(N)(=O)=O)cc1)c1ccc(N)cc1. The molecule has 30 heavy (non-hydrogen) atoms. The highest BCUT2D eigenvalue weighted by atomic mass is 32.2. The van der Waals surface area contributed by atoms with Crippen LogP contribution in [-0.2, 0) is 26.0 Å². The van der Waals surface area contributed by atoms with E-state index in [0.717, 1.165) is 10.5 Å². The van der Waals surface area contributed by atoms with Gasteiger partial charge in [0.15, 0.2) is 0 Å². The van der Waals surface area contributed by atoms with Gasteiger partial charge in [0, 0.05) is 25.4 Å². The number of anilines is 2. The van der Waals surface area contributed by atoms with Gasteiger partial charge >= 0.3 is 0 Å². The molecule has 0 aliphatic carbocycles. The van der Waals surface area contributed by atoms with Gasteiger partial charge in [-0.1, -0.05) is 12.1 Å². The van der Waals surface area contributed by atoms with Crippen LogP contribution in [0.3, 0.4) is 0 Å². The van der Waals surface area contributed by atoms with Crippen LogP contribution in [0.5, 0.6) is 0 Å². The molecule has 156 valence electrons. The number of carbonyl (C=O) groups is 2. The van der Waals surface area contributed by atoms with E-state index in [-0.39, 0.29) is 10.5 Å². The molecule has 0 saturated carbocycles. The van der Waals surface area contributed by atoms with Crippen LogP contribution in [0, 0.1) is 11.3 Å². The lowest BCUT2D eigenvalue weighted by atomic mass is 10.1. The molecule has 0 radical (unpaired) electrons. The molecular weight excluding hydrogens is 406 g/mol. The fourth-order valence-corrected chi connectivity index (χ4v) is 3.08. The fourth-order valence-electron chi connectivity index (χ4n) is 2.56. The van der Waals surface area contributed by atoms with E-state index in [1.54, 1.807) is 30.3 Å². The van der Waals surface area contributed by atoms with Gasteiger partial charge < -0.3 is 11.1 Å². The summed E-state index contributed by atoms with van der Waals surface area (Å²) in [5.41, 5.74) is 7.00. The van der Waals surface area contributed by atoms with Gasteiger partial charge in [0.1, 0.15) is 11.6 Å². The normalized spacial score (nSPS) is 11.4. The smallest absolute Gasteiger partial charge is 0.277 e. The van der Waals surface area contributed by atoms with Crippen LogP contribution in [0.15, 0.2) is 65.2 Å². The van der Waals surface area contributed by atoms with Gasteiger partial charge in [0.25, 0.3) is 5.91 Å². The van der Waals surface area contributed by atoms with Crippen molar-refractivity contribution in [1.82, 2.24) is 5.32 Å². The maximum Gasteiger partial charge on any atom is 0.277 e. The second-order valence-electron chi connectivity index (χ2n) is 6.31. The number of amides is 2. The minimum Gasteiger partial charge on any atom is -0.399 e. The Balaban J connectivity index is 2.05. The number of nitrogens with two attached hydrogens (primary N) is 2. The summed E-state index contributed by atoms with van der Waals surface area (Å²) in [4.78, 5) is 25.5. The third kappa shape index (κ3) is 5.91. The van der Waals surface area contributed by atoms with E-state index in [9.17, 15) is 23.3 Å². The number of primary sulfonamides is 1. The zero-order valence-corrected chi connectivity index (χ0v) is 17.0. The Hall–Kier alpha value is -3.68. The lowest BCUT2D eigenvalue weighted by Crippen LogP contribution is -2.36. The number of nitriles is 1. The van der Waals surface area contributed by atoms with Crippen LogP contribution < -0.4 is 21.1 Å². The molecule has 2 rings (SSSR count). The van der Waals surface area contributed by atoms with E-state index < -0.39 is 21.8 Å². The molecular formula is C20H21N5O4S. The molecule has 2 amide bonds. The third-order valence-corrected chi connectivity index (χ3v) is 5.01. The lowest BCUT2D eigenvalue weighted by Gasteiger charge is -2.19. The zero-order valence-electron chi connectivity index (χ0n) is 16.2. The number of hydrogen-bond donors (Lipinski definition) is 3. The average molecular weight is 427 g/mol. The van der Waals surface area contributed by atoms with Crippen molar-refractivity contribution in [3.8, 4) is 6.07 Å². The van der Waals surface area contributed by atoms with Crippen molar-refractivity contribution in [2.75, 3.05) is 17.2 Å². The summed E-state index contributed by atoms with van der Waals surface area (Å²) in [7, 11) is -3.75. The summed E-state index contributed by atoms with van der Waals surface area (Å²) in [6.07, 6.45) is 1.75. The summed E-state index contributed by atoms with van der Waals surface area (Å²) in [6.45, 7) is 1.59. The summed E-state index contributed by atoms with van der Waals surface area (Å²) in [6, 6.07) is 14.0. The highest BCUT2D eigenvalue weighted by Gasteiger charge is 2.23. The molecule has 2 aromatic rings. The molecule has 0 aliphatic rings. The molecule has 0 fully saturated rings.